The summed E-state index contributed by atoms with van der Waals surface area (Å²) in [6.07, 6.45) is 0.429. The highest BCUT2D eigenvalue weighted by atomic mass is 28.3. The van der Waals surface area contributed by atoms with E-state index in [1.807, 2.05) is 0 Å². The van der Waals surface area contributed by atoms with Crippen LogP contribution >= 0.6 is 0 Å². The molecule has 0 aromatic rings. The lowest BCUT2D eigenvalue weighted by atomic mass is 10.3. The number of rotatable bonds is 3. The number of ether oxygens (including phenoxy) is 1. The van der Waals surface area contributed by atoms with Gasteiger partial charge in [-0.05, 0) is 13.8 Å². The summed E-state index contributed by atoms with van der Waals surface area (Å²) in [6, 6.07) is 0. The molecule has 0 rings (SSSR count). The second kappa shape index (κ2) is 11.0. The number of amides is 1. The monoisotopic (exact) mass is 251 g/mol. The van der Waals surface area contributed by atoms with Crippen LogP contribution in [0.4, 0.5) is 4.79 Å². The highest BCUT2D eigenvalue weighted by Crippen LogP contribution is 1.88. The van der Waals surface area contributed by atoms with Crippen LogP contribution in [0.2, 0.25) is 0 Å². The maximum atomic E-state index is 10.6. The fourth-order valence-electron chi connectivity index (χ4n) is 0.402. The Labute approximate surface area is 94.7 Å². The normalized spacial score (nSPS) is 10.1. The van der Waals surface area contributed by atoms with Gasteiger partial charge in [0.25, 0.3) is 0 Å². The Morgan fingerprint density at radius 3 is 2.27 bits per heavy atom. The van der Waals surface area contributed by atoms with Crippen LogP contribution in [0.1, 0.15) is 13.8 Å². The van der Waals surface area contributed by atoms with E-state index in [2.05, 4.69) is 14.2 Å². The van der Waals surface area contributed by atoms with Gasteiger partial charge in [0.05, 0.1) is 12.2 Å². The molecular formula is C7H17NO5Si2. The second-order valence-electron chi connectivity index (χ2n) is 2.41. The van der Waals surface area contributed by atoms with Gasteiger partial charge in [-0.25, -0.2) is 9.59 Å². The topological polar surface area (TPSA) is 84.9 Å². The van der Waals surface area contributed by atoms with Gasteiger partial charge in [-0.15, -0.1) is 0 Å². The van der Waals surface area contributed by atoms with Crippen molar-refractivity contribution in [3.63, 3.8) is 0 Å². The van der Waals surface area contributed by atoms with E-state index in [4.69, 9.17) is 5.11 Å². The molecule has 0 radical (unpaired) electrons. The smallest absolute Gasteiger partial charge is 0.411 e. The number of nitrogens with one attached hydrogen (secondary N) is 1. The zero-order chi connectivity index (χ0) is 12.3. The molecule has 0 saturated carbocycles. The van der Waals surface area contributed by atoms with Crippen molar-refractivity contribution in [2.45, 2.75) is 13.8 Å². The van der Waals surface area contributed by atoms with Crippen LogP contribution < -0.4 is 5.32 Å². The van der Waals surface area contributed by atoms with Crippen molar-refractivity contribution in [1.29, 1.82) is 0 Å². The number of carbonyl (C=O) groups excluding carboxylic acids is 1. The van der Waals surface area contributed by atoms with E-state index < -0.39 is 12.1 Å². The molecule has 0 bridgehead atoms. The van der Waals surface area contributed by atoms with Gasteiger partial charge in [0.1, 0.15) is 21.0 Å². The average Bonchev–Trinajstić information content (AvgIpc) is 2.15. The third-order valence-electron chi connectivity index (χ3n) is 1.02. The van der Waals surface area contributed by atoms with Crippen molar-refractivity contribution < 1.29 is 23.5 Å². The third-order valence-corrected chi connectivity index (χ3v) is 1.02. The van der Waals surface area contributed by atoms with E-state index >= 15 is 0 Å². The zero-order valence-corrected chi connectivity index (χ0v) is 13.4. The number of aliphatic carboxylic acids is 1. The summed E-state index contributed by atoms with van der Waals surface area (Å²) in [7, 11) is 1.86. The third kappa shape index (κ3) is 12.9. The quantitative estimate of drug-likeness (QED) is 0.461. The summed E-state index contributed by atoms with van der Waals surface area (Å²) in [5.74, 6) is -1.08. The molecule has 0 aliphatic rings. The van der Waals surface area contributed by atoms with Gasteiger partial charge >= 0.3 is 12.1 Å². The molecule has 1 amide bonds. The molecule has 2 N–H and O–H groups in total. The summed E-state index contributed by atoms with van der Waals surface area (Å²) >= 11 is 0. The van der Waals surface area contributed by atoms with Gasteiger partial charge in [-0.1, -0.05) is 0 Å². The Morgan fingerprint density at radius 1 is 1.47 bits per heavy atom. The predicted octanol–water partition coefficient (Wildman–Crippen LogP) is -1.72. The van der Waals surface area contributed by atoms with Crippen molar-refractivity contribution in [3.05, 3.63) is 11.8 Å². The molecule has 0 saturated heterocycles. The zero-order valence-electron chi connectivity index (χ0n) is 9.36. The first-order valence-corrected chi connectivity index (χ1v) is 5.86. The molecular weight excluding hydrogens is 234 g/mol. The molecule has 0 aliphatic heterocycles. The van der Waals surface area contributed by atoms with Gasteiger partial charge in [-0.2, -0.15) is 0 Å². The van der Waals surface area contributed by atoms with Gasteiger partial charge in [0.15, 0.2) is 0 Å². The standard InChI is InChI=1S/C7H11NO4.H6OSi2/c1-3-12-7(11)8-4-5(2)6(9)10;2-1-3/h4H,3H2,1-2H3,(H,8,11)(H,9,10);2-3H3. The van der Waals surface area contributed by atoms with E-state index in [0.29, 0.717) is 0 Å². The molecule has 0 heterocycles. The minimum atomic E-state index is -1.08. The first kappa shape index (κ1) is 16.3. The molecule has 0 fully saturated rings. The van der Waals surface area contributed by atoms with Crippen molar-refractivity contribution in [1.82, 2.24) is 5.32 Å². The fraction of sp³-hybridized carbons (Fsp3) is 0.429. The SMILES string of the molecule is CCOC(=O)NC=C(C)C(=O)O.[SiH3]O[SiH3]. The number of alkyl carbamates (subject to hydrolysis) is 1. The largest absolute Gasteiger partial charge is 0.478 e. The molecule has 0 atom stereocenters. The number of carboxylic acids is 1. The molecule has 0 aliphatic carbocycles. The Morgan fingerprint density at radius 2 is 1.93 bits per heavy atom. The van der Waals surface area contributed by atoms with Crippen molar-refractivity contribution in [2.24, 2.45) is 0 Å². The van der Waals surface area contributed by atoms with E-state index in [1.54, 1.807) is 6.92 Å². The van der Waals surface area contributed by atoms with Gasteiger partial charge in [0, 0.05) is 6.20 Å². The summed E-state index contributed by atoms with van der Waals surface area (Å²) < 4.78 is 9.01. The minimum Gasteiger partial charge on any atom is -0.478 e. The molecule has 0 aromatic heterocycles. The number of hydrogen-bond acceptors (Lipinski definition) is 4. The van der Waals surface area contributed by atoms with Crippen LogP contribution in [0.25, 0.3) is 0 Å². The fourth-order valence-corrected chi connectivity index (χ4v) is 0.402. The second-order valence-corrected chi connectivity index (χ2v) is 5.67. The van der Waals surface area contributed by atoms with E-state index in [0.717, 1.165) is 27.2 Å². The number of carboxylic acid groups (broad SMARTS) is 1. The van der Waals surface area contributed by atoms with E-state index in [-0.39, 0.29) is 12.2 Å². The van der Waals surface area contributed by atoms with Crippen molar-refractivity contribution in [2.75, 3.05) is 6.61 Å². The molecule has 8 heteroatoms. The highest BCUT2D eigenvalue weighted by molar-refractivity contribution is 6.15. The summed E-state index contributed by atoms with van der Waals surface area (Å²) in [4.78, 5) is 20.8. The van der Waals surface area contributed by atoms with Gasteiger partial charge in [-0.3, -0.25) is 5.32 Å². The molecule has 88 valence electrons. The minimum absolute atomic E-state index is 0.0445. The molecule has 15 heavy (non-hydrogen) atoms. The first-order valence-electron chi connectivity index (χ1n) is 4.23. The summed E-state index contributed by atoms with van der Waals surface area (Å²) in [6.45, 7) is 3.29. The maximum Gasteiger partial charge on any atom is 0.411 e. The Bertz CT molecular complexity index is 231. The highest BCUT2D eigenvalue weighted by Gasteiger charge is 2.01. The van der Waals surface area contributed by atoms with Crippen LogP contribution in [-0.2, 0) is 13.6 Å². The molecule has 6 nitrogen and oxygen atoms in total. The van der Waals surface area contributed by atoms with Crippen LogP contribution in [0.15, 0.2) is 11.8 Å². The Balaban J connectivity index is 0. The number of carbonyl (C=O) groups is 2. The van der Waals surface area contributed by atoms with E-state index in [9.17, 15) is 9.59 Å². The Kier molecular flexibility index (Phi) is 11.9. The lowest BCUT2D eigenvalue weighted by molar-refractivity contribution is -0.132. The molecule has 0 unspecified atom stereocenters. The van der Waals surface area contributed by atoms with Crippen LogP contribution in [-0.4, -0.2) is 44.7 Å². The lowest BCUT2D eigenvalue weighted by Gasteiger charge is -1.99. The van der Waals surface area contributed by atoms with Gasteiger partial charge < -0.3 is 14.0 Å². The lowest BCUT2D eigenvalue weighted by Crippen LogP contribution is -2.19. The van der Waals surface area contributed by atoms with E-state index in [1.165, 1.54) is 6.92 Å². The van der Waals surface area contributed by atoms with Crippen LogP contribution in [0, 0.1) is 0 Å². The Hall–Kier alpha value is -1.13. The average molecular weight is 251 g/mol. The number of hydrogen-bond donors (Lipinski definition) is 2. The maximum absolute atomic E-state index is 10.6. The summed E-state index contributed by atoms with van der Waals surface area (Å²) in [5.41, 5.74) is 0.0445. The van der Waals surface area contributed by atoms with Crippen LogP contribution in [0.5, 0.6) is 0 Å². The molecule has 0 spiro atoms. The van der Waals surface area contributed by atoms with Gasteiger partial charge in [0.2, 0.25) is 0 Å². The first-order chi connectivity index (χ1) is 6.99. The van der Waals surface area contributed by atoms with Crippen molar-refractivity contribution >= 4 is 33.0 Å². The van der Waals surface area contributed by atoms with Crippen molar-refractivity contribution in [3.8, 4) is 0 Å². The van der Waals surface area contributed by atoms with Crippen LogP contribution in [0.3, 0.4) is 0 Å². The predicted molar refractivity (Wildman–Crippen MR) is 62.5 cm³/mol. The molecule has 0 aromatic carbocycles. The summed E-state index contributed by atoms with van der Waals surface area (Å²) in [5, 5.41) is 10.5.